The van der Waals surface area contributed by atoms with Crippen LogP contribution >= 0.6 is 0 Å². The van der Waals surface area contributed by atoms with Crippen molar-refractivity contribution >= 4 is 23.6 Å². The quantitative estimate of drug-likeness (QED) is 0.511. The highest BCUT2D eigenvalue weighted by molar-refractivity contribution is 7.12. The Balaban J connectivity index is 2.41. The predicted molar refractivity (Wildman–Crippen MR) is 90.0 cm³/mol. The Morgan fingerprint density at radius 3 is 0.957 bits per heavy atom. The topological polar surface area (TPSA) is 0 Å². The van der Waals surface area contributed by atoms with Crippen molar-refractivity contribution in [3.63, 3.8) is 0 Å². The van der Waals surface area contributed by atoms with Gasteiger partial charge in [0.1, 0.15) is 0 Å². The first-order chi connectivity index (χ1) is 11.1. The lowest BCUT2D eigenvalue weighted by Crippen LogP contribution is -2.76. The van der Waals surface area contributed by atoms with Gasteiger partial charge in [0.15, 0.2) is 0 Å². The molecule has 0 heterocycles. The summed E-state index contributed by atoms with van der Waals surface area (Å²) in [6.45, 7) is 0. The van der Waals surface area contributed by atoms with Crippen molar-refractivity contribution in [1.82, 2.24) is 0 Å². The third kappa shape index (κ3) is 2.59. The molecule has 0 saturated carbocycles. The molecular formula is C19H15F3Si. The number of hydrogen-bond acceptors (Lipinski definition) is 0. The van der Waals surface area contributed by atoms with Gasteiger partial charge in [0.05, 0.1) is 0 Å². The molecule has 0 aliphatic carbocycles. The predicted octanol–water partition coefficient (Wildman–Crippen LogP) is 3.26. The molecule has 4 heteroatoms. The highest BCUT2D eigenvalue weighted by atomic mass is 28.3. The number of halogens is 3. The van der Waals surface area contributed by atoms with Gasteiger partial charge in [0.2, 0.25) is 0 Å². The summed E-state index contributed by atoms with van der Waals surface area (Å²) in [5, 5.41) is 1.06. The maximum atomic E-state index is 14.5. The highest BCUT2D eigenvalue weighted by Gasteiger charge is 2.61. The van der Waals surface area contributed by atoms with Crippen LogP contribution in [0.5, 0.6) is 0 Å². The summed E-state index contributed by atoms with van der Waals surface area (Å²) in [4.78, 5) is 0. The molecule has 0 aliphatic rings. The van der Waals surface area contributed by atoms with Crippen LogP contribution in [0.4, 0.5) is 13.2 Å². The summed E-state index contributed by atoms with van der Waals surface area (Å²) in [6, 6.07) is 24.9. The van der Waals surface area contributed by atoms with Gasteiger partial charge in [-0.25, -0.2) is 0 Å². The Kier molecular flexibility index (Phi) is 4.09. The summed E-state index contributed by atoms with van der Waals surface area (Å²) in [6.07, 6.45) is 0. The van der Waals surface area contributed by atoms with E-state index in [2.05, 4.69) is 0 Å². The van der Waals surface area contributed by atoms with Crippen LogP contribution in [-0.4, -0.2) is 13.9 Å². The second-order valence-electron chi connectivity index (χ2n) is 5.35. The summed E-state index contributed by atoms with van der Waals surface area (Å²) in [5.74, 6) is -4.34. The van der Waals surface area contributed by atoms with Gasteiger partial charge in [-0.3, -0.25) is 0 Å². The molecule has 0 bridgehead atoms. The zero-order chi connectivity index (χ0) is 16.3. The Morgan fingerprint density at radius 2 is 0.739 bits per heavy atom. The van der Waals surface area contributed by atoms with Gasteiger partial charge >= 0.3 is 5.80 Å². The molecule has 0 aromatic heterocycles. The molecule has 116 valence electrons. The molecule has 0 saturated heterocycles. The van der Waals surface area contributed by atoms with Crippen molar-refractivity contribution < 1.29 is 13.2 Å². The Bertz CT molecular complexity index is 656. The van der Waals surface area contributed by atoms with Crippen molar-refractivity contribution in [3.05, 3.63) is 91.0 Å². The van der Waals surface area contributed by atoms with Gasteiger partial charge in [0.25, 0.3) is 8.07 Å². The zero-order valence-corrected chi connectivity index (χ0v) is 13.3. The van der Waals surface area contributed by atoms with Crippen LogP contribution in [0.2, 0.25) is 0 Å². The summed E-state index contributed by atoms with van der Waals surface area (Å²) in [5.41, 5.74) is 0. The second-order valence-corrected chi connectivity index (χ2v) is 9.14. The largest absolute Gasteiger partial charge is 0.375 e. The van der Waals surface area contributed by atoms with Crippen molar-refractivity contribution in [2.45, 2.75) is 5.80 Å². The van der Waals surface area contributed by atoms with E-state index in [4.69, 9.17) is 0 Å². The number of alkyl halides is 3. The molecule has 0 atom stereocenters. The summed E-state index contributed by atoms with van der Waals surface area (Å²) >= 11 is 0. The molecule has 3 rings (SSSR count). The molecule has 23 heavy (non-hydrogen) atoms. The Morgan fingerprint density at radius 1 is 0.478 bits per heavy atom. The molecule has 0 nitrogen and oxygen atoms in total. The number of hydrogen-bond donors (Lipinski definition) is 0. The first-order valence-corrected chi connectivity index (χ1v) is 9.30. The zero-order valence-electron chi connectivity index (χ0n) is 12.3. The van der Waals surface area contributed by atoms with Crippen LogP contribution in [0.3, 0.4) is 0 Å². The van der Waals surface area contributed by atoms with E-state index in [-0.39, 0.29) is 0 Å². The van der Waals surface area contributed by atoms with Gasteiger partial charge in [-0.2, -0.15) is 13.2 Å². The van der Waals surface area contributed by atoms with Crippen molar-refractivity contribution in [3.8, 4) is 0 Å². The van der Waals surface area contributed by atoms with E-state index in [1.807, 2.05) is 0 Å². The minimum Gasteiger partial charge on any atom is -0.175 e. The Hall–Kier alpha value is -2.33. The molecule has 0 unspecified atom stereocenters. The molecule has 0 fully saturated rings. The third-order valence-corrected chi connectivity index (χ3v) is 8.49. The first-order valence-electron chi connectivity index (χ1n) is 7.30. The van der Waals surface area contributed by atoms with E-state index in [0.717, 1.165) is 0 Å². The molecule has 0 N–H and O–H groups in total. The highest BCUT2D eigenvalue weighted by Crippen LogP contribution is 2.28. The lowest BCUT2D eigenvalue weighted by molar-refractivity contribution is -0.0515. The fraction of sp³-hybridized carbons (Fsp3) is 0.0526. The first kappa shape index (κ1) is 15.6. The van der Waals surface area contributed by atoms with Gasteiger partial charge in [-0.15, -0.1) is 0 Å². The van der Waals surface area contributed by atoms with Crippen LogP contribution in [0.25, 0.3) is 0 Å². The SMILES string of the molecule is FC(F)(F)[Si](c1ccccc1)(c1ccccc1)c1ccccc1. The lowest BCUT2D eigenvalue weighted by atomic mass is 10.3. The average Bonchev–Trinajstić information content (AvgIpc) is 2.57. The van der Waals surface area contributed by atoms with Gasteiger partial charge in [-0.1, -0.05) is 91.0 Å². The maximum absolute atomic E-state index is 14.5. The molecule has 0 aliphatic heterocycles. The van der Waals surface area contributed by atoms with Gasteiger partial charge < -0.3 is 0 Å². The smallest absolute Gasteiger partial charge is 0.175 e. The van der Waals surface area contributed by atoms with Crippen LogP contribution < -0.4 is 15.6 Å². The second kappa shape index (κ2) is 6.05. The Labute approximate surface area is 134 Å². The van der Waals surface area contributed by atoms with E-state index >= 15 is 0 Å². The lowest BCUT2D eigenvalue weighted by Gasteiger charge is -2.35. The molecule has 3 aromatic carbocycles. The van der Waals surface area contributed by atoms with Crippen LogP contribution in [0.15, 0.2) is 91.0 Å². The third-order valence-electron chi connectivity index (χ3n) is 4.05. The van der Waals surface area contributed by atoms with Crippen LogP contribution in [-0.2, 0) is 0 Å². The molecule has 0 amide bonds. The molecule has 0 radical (unpaired) electrons. The summed E-state index contributed by atoms with van der Waals surface area (Å²) in [7, 11) is -4.13. The molecule has 3 aromatic rings. The van der Waals surface area contributed by atoms with E-state index in [1.54, 1.807) is 91.0 Å². The van der Waals surface area contributed by atoms with E-state index < -0.39 is 13.9 Å². The minimum atomic E-state index is -4.34. The van der Waals surface area contributed by atoms with Crippen LogP contribution in [0.1, 0.15) is 0 Å². The summed E-state index contributed by atoms with van der Waals surface area (Å²) < 4.78 is 43.5. The molecular weight excluding hydrogens is 313 g/mol. The van der Waals surface area contributed by atoms with Crippen molar-refractivity contribution in [2.75, 3.05) is 0 Å². The fourth-order valence-corrected chi connectivity index (χ4v) is 7.11. The van der Waals surface area contributed by atoms with E-state index in [1.165, 1.54) is 0 Å². The van der Waals surface area contributed by atoms with E-state index in [0.29, 0.717) is 15.6 Å². The fourth-order valence-electron chi connectivity index (χ4n) is 3.06. The van der Waals surface area contributed by atoms with Gasteiger partial charge in [0, 0.05) is 0 Å². The van der Waals surface area contributed by atoms with Crippen LogP contribution in [0, 0.1) is 0 Å². The van der Waals surface area contributed by atoms with Crippen molar-refractivity contribution in [1.29, 1.82) is 0 Å². The van der Waals surface area contributed by atoms with Crippen molar-refractivity contribution in [2.24, 2.45) is 0 Å². The maximum Gasteiger partial charge on any atom is 0.375 e. The standard InChI is InChI=1S/C19H15F3Si/c20-19(21,22)23(16-10-4-1-5-11-16,17-12-6-2-7-13-17)18-14-8-3-9-15-18/h1-15H. The average molecular weight is 328 g/mol. The molecule has 0 spiro atoms. The monoisotopic (exact) mass is 328 g/mol. The number of benzene rings is 3. The van der Waals surface area contributed by atoms with E-state index in [9.17, 15) is 13.2 Å². The minimum absolute atomic E-state index is 0.352. The van der Waals surface area contributed by atoms with Gasteiger partial charge in [-0.05, 0) is 15.6 Å². The number of rotatable bonds is 3. The normalized spacial score (nSPS) is 12.1.